The Hall–Kier alpha value is -3.77. The number of nitrogens with zero attached hydrogens (tertiary/aromatic N) is 3. The van der Waals surface area contributed by atoms with Crippen molar-refractivity contribution >= 4 is 46.1 Å². The zero-order valence-corrected chi connectivity index (χ0v) is 21.7. The highest BCUT2D eigenvalue weighted by molar-refractivity contribution is 6.51. The Kier molecular flexibility index (Phi) is 7.36. The number of aliphatic hydroxyl groups is 1. The Bertz CT molecular complexity index is 1300. The highest BCUT2D eigenvalue weighted by atomic mass is 35.5. The first-order valence-electron chi connectivity index (χ1n) is 12.0. The number of amides is 1. The van der Waals surface area contributed by atoms with E-state index in [-0.39, 0.29) is 11.3 Å². The summed E-state index contributed by atoms with van der Waals surface area (Å²) in [7, 11) is 3.88. The lowest BCUT2D eigenvalue weighted by atomic mass is 9.95. The van der Waals surface area contributed by atoms with E-state index < -0.39 is 17.7 Å². The van der Waals surface area contributed by atoms with E-state index >= 15 is 0 Å². The van der Waals surface area contributed by atoms with Crippen molar-refractivity contribution in [3.63, 3.8) is 0 Å². The second kappa shape index (κ2) is 10.5. The van der Waals surface area contributed by atoms with Crippen LogP contribution in [0.1, 0.15) is 31.0 Å². The second-order valence-corrected chi connectivity index (χ2v) is 9.29. The molecule has 1 saturated heterocycles. The van der Waals surface area contributed by atoms with Gasteiger partial charge in [-0.2, -0.15) is 0 Å². The van der Waals surface area contributed by atoms with E-state index in [0.717, 1.165) is 30.0 Å². The van der Waals surface area contributed by atoms with Gasteiger partial charge >= 0.3 is 0 Å². The molecule has 0 spiro atoms. The van der Waals surface area contributed by atoms with Gasteiger partial charge in [0.2, 0.25) is 0 Å². The average Bonchev–Trinajstić information content (AvgIpc) is 3.15. The predicted molar refractivity (Wildman–Crippen MR) is 147 cm³/mol. The van der Waals surface area contributed by atoms with Crippen molar-refractivity contribution in [1.29, 1.82) is 0 Å². The smallest absolute Gasteiger partial charge is 0.300 e. The molecule has 1 N–H and O–H groups in total. The van der Waals surface area contributed by atoms with E-state index in [1.54, 1.807) is 24.3 Å². The number of carbonyl (C=O) groups is 2. The lowest BCUT2D eigenvalue weighted by Crippen LogP contribution is -2.29. The quantitative estimate of drug-likeness (QED) is 0.248. The molecule has 1 aliphatic rings. The van der Waals surface area contributed by atoms with E-state index in [1.165, 1.54) is 4.90 Å². The van der Waals surface area contributed by atoms with Gasteiger partial charge in [-0.05, 0) is 67.9 Å². The number of benzene rings is 3. The highest BCUT2D eigenvalue weighted by Crippen LogP contribution is 2.43. The van der Waals surface area contributed by atoms with E-state index in [0.29, 0.717) is 16.3 Å². The molecule has 3 aromatic carbocycles. The first kappa shape index (κ1) is 25.3. The highest BCUT2D eigenvalue weighted by Gasteiger charge is 2.47. The summed E-state index contributed by atoms with van der Waals surface area (Å²) in [5, 5.41) is 11.7. The van der Waals surface area contributed by atoms with Crippen molar-refractivity contribution in [3.8, 4) is 0 Å². The second-order valence-electron chi connectivity index (χ2n) is 8.85. The van der Waals surface area contributed by atoms with Crippen LogP contribution in [0.4, 0.5) is 17.1 Å². The van der Waals surface area contributed by atoms with Gasteiger partial charge in [0.05, 0.1) is 11.6 Å². The minimum Gasteiger partial charge on any atom is -0.507 e. The molecule has 0 bridgehead atoms. The number of halogens is 1. The van der Waals surface area contributed by atoms with Gasteiger partial charge in [-0.3, -0.25) is 14.5 Å². The Labute approximate surface area is 217 Å². The molecule has 0 radical (unpaired) electrons. The molecule has 0 saturated carbocycles. The van der Waals surface area contributed by atoms with Crippen LogP contribution in [0.5, 0.6) is 0 Å². The third-order valence-corrected chi connectivity index (χ3v) is 6.76. The van der Waals surface area contributed by atoms with E-state index in [1.807, 2.05) is 67.5 Å². The van der Waals surface area contributed by atoms with Crippen molar-refractivity contribution in [2.75, 3.05) is 41.9 Å². The topological polar surface area (TPSA) is 64.1 Å². The van der Waals surface area contributed by atoms with E-state index in [4.69, 9.17) is 11.6 Å². The fourth-order valence-corrected chi connectivity index (χ4v) is 4.76. The standard InChI is InChI=1S/C29H30ClN3O3/c1-5-32(6-2)23-14-16-24(17-15-23)33-26(19-10-12-22(13-11-19)31(3)4)25(28(35)29(33)36)27(34)20-8-7-9-21(30)18-20/h7-18,26,34H,5-6H2,1-4H3/b27-25-. The largest absolute Gasteiger partial charge is 0.507 e. The monoisotopic (exact) mass is 503 g/mol. The summed E-state index contributed by atoms with van der Waals surface area (Å²) < 4.78 is 0. The molecule has 4 rings (SSSR count). The van der Waals surface area contributed by atoms with Crippen molar-refractivity contribution in [1.82, 2.24) is 0 Å². The average molecular weight is 504 g/mol. The van der Waals surface area contributed by atoms with Crippen LogP contribution in [0, 0.1) is 0 Å². The number of anilines is 3. The van der Waals surface area contributed by atoms with Crippen LogP contribution in [-0.4, -0.2) is 44.0 Å². The number of rotatable bonds is 7. The minimum atomic E-state index is -0.792. The molecule has 0 aliphatic carbocycles. The molecule has 36 heavy (non-hydrogen) atoms. The summed E-state index contributed by atoms with van der Waals surface area (Å²) in [6, 6.07) is 21.1. The Morgan fingerprint density at radius 3 is 2.08 bits per heavy atom. The molecule has 1 amide bonds. The van der Waals surface area contributed by atoms with Crippen LogP contribution in [-0.2, 0) is 9.59 Å². The van der Waals surface area contributed by atoms with Crippen molar-refractivity contribution < 1.29 is 14.7 Å². The minimum absolute atomic E-state index is 0.0349. The Morgan fingerprint density at radius 1 is 0.917 bits per heavy atom. The number of carbonyl (C=O) groups excluding carboxylic acids is 2. The summed E-state index contributed by atoms with van der Waals surface area (Å²) in [6.45, 7) is 5.89. The van der Waals surface area contributed by atoms with Gasteiger partial charge in [0.25, 0.3) is 11.7 Å². The van der Waals surface area contributed by atoms with Gasteiger partial charge in [0.1, 0.15) is 5.76 Å². The molecule has 6 nitrogen and oxygen atoms in total. The number of hydrogen-bond donors (Lipinski definition) is 1. The third kappa shape index (κ3) is 4.69. The van der Waals surface area contributed by atoms with Crippen LogP contribution in [0.25, 0.3) is 5.76 Å². The van der Waals surface area contributed by atoms with E-state index in [9.17, 15) is 14.7 Å². The molecule has 1 unspecified atom stereocenters. The number of Topliss-reactive ketones (excluding diaryl/α,β-unsaturated/α-hetero) is 1. The molecular formula is C29H30ClN3O3. The van der Waals surface area contributed by atoms with E-state index in [2.05, 4.69) is 18.7 Å². The normalized spacial score (nSPS) is 16.9. The molecule has 1 atom stereocenters. The summed E-state index contributed by atoms with van der Waals surface area (Å²) >= 11 is 6.15. The summed E-state index contributed by atoms with van der Waals surface area (Å²) in [6.07, 6.45) is 0. The lowest BCUT2D eigenvalue weighted by molar-refractivity contribution is -0.132. The maximum Gasteiger partial charge on any atom is 0.300 e. The summed E-state index contributed by atoms with van der Waals surface area (Å²) in [5.41, 5.74) is 3.73. The molecule has 186 valence electrons. The summed E-state index contributed by atoms with van der Waals surface area (Å²) in [5.74, 6) is -1.67. The van der Waals surface area contributed by atoms with Crippen LogP contribution in [0.15, 0.2) is 78.4 Å². The van der Waals surface area contributed by atoms with Gasteiger partial charge < -0.3 is 14.9 Å². The van der Waals surface area contributed by atoms with Crippen LogP contribution < -0.4 is 14.7 Å². The Morgan fingerprint density at radius 2 is 1.53 bits per heavy atom. The molecule has 7 heteroatoms. The maximum absolute atomic E-state index is 13.4. The predicted octanol–water partition coefficient (Wildman–Crippen LogP) is 5.88. The van der Waals surface area contributed by atoms with Crippen molar-refractivity contribution in [2.24, 2.45) is 0 Å². The van der Waals surface area contributed by atoms with Gasteiger partial charge in [-0.25, -0.2) is 0 Å². The van der Waals surface area contributed by atoms with Crippen LogP contribution in [0.2, 0.25) is 5.02 Å². The maximum atomic E-state index is 13.4. The van der Waals surface area contributed by atoms with Gasteiger partial charge in [-0.15, -0.1) is 0 Å². The fourth-order valence-electron chi connectivity index (χ4n) is 4.57. The number of hydrogen-bond acceptors (Lipinski definition) is 5. The zero-order chi connectivity index (χ0) is 26.0. The first-order chi connectivity index (χ1) is 17.3. The zero-order valence-electron chi connectivity index (χ0n) is 20.9. The third-order valence-electron chi connectivity index (χ3n) is 6.52. The van der Waals surface area contributed by atoms with Gasteiger partial charge in [0, 0.05) is 54.8 Å². The molecule has 1 heterocycles. The SMILES string of the molecule is CCN(CC)c1ccc(N2C(=O)C(=O)/C(=C(\O)c3cccc(Cl)c3)C2c2ccc(N(C)C)cc2)cc1. The van der Waals surface area contributed by atoms with Crippen molar-refractivity contribution in [2.45, 2.75) is 19.9 Å². The summed E-state index contributed by atoms with van der Waals surface area (Å²) in [4.78, 5) is 32.4. The molecule has 3 aromatic rings. The Balaban J connectivity index is 1.87. The fraction of sp³-hybridized carbons (Fsp3) is 0.241. The first-order valence-corrected chi connectivity index (χ1v) is 12.3. The molecule has 1 fully saturated rings. The number of ketones is 1. The van der Waals surface area contributed by atoms with Crippen LogP contribution in [0.3, 0.4) is 0 Å². The van der Waals surface area contributed by atoms with Gasteiger partial charge in [-0.1, -0.05) is 35.9 Å². The molecule has 0 aromatic heterocycles. The van der Waals surface area contributed by atoms with Crippen molar-refractivity contribution in [3.05, 3.63) is 94.5 Å². The lowest BCUT2D eigenvalue weighted by Gasteiger charge is -2.27. The molecular weight excluding hydrogens is 474 g/mol. The van der Waals surface area contributed by atoms with Crippen LogP contribution >= 0.6 is 11.6 Å². The number of aliphatic hydroxyl groups excluding tert-OH is 1. The molecule has 1 aliphatic heterocycles. The van der Waals surface area contributed by atoms with Gasteiger partial charge in [0.15, 0.2) is 0 Å².